The highest BCUT2D eigenvalue weighted by Crippen LogP contribution is 2.18. The third-order valence-electron chi connectivity index (χ3n) is 1.85. The van der Waals surface area contributed by atoms with Crippen molar-refractivity contribution >= 4 is 37.9 Å². The minimum Gasteiger partial charge on any atom is -0.223 e. The smallest absolute Gasteiger partial charge is 0.138 e. The van der Waals surface area contributed by atoms with Crippen molar-refractivity contribution in [2.24, 2.45) is 0 Å². The van der Waals surface area contributed by atoms with Crippen LogP contribution in [0.5, 0.6) is 0 Å². The first-order chi connectivity index (χ1) is 7.25. The highest BCUT2D eigenvalue weighted by molar-refractivity contribution is 9.28. The fraction of sp³-hybridized carbons (Fsp3) is 0. The Hall–Kier alpha value is -0.940. The monoisotopic (exact) mass is 327 g/mol. The molecule has 2 aromatic rings. The number of rotatable bonds is 2. The molecular formula is C10H7Br2N3. The minimum atomic E-state index is 0.920. The van der Waals surface area contributed by atoms with Crippen LogP contribution >= 0.6 is 31.9 Å². The molecule has 0 spiro atoms. The van der Waals surface area contributed by atoms with Crippen molar-refractivity contribution in [3.05, 3.63) is 45.9 Å². The van der Waals surface area contributed by atoms with Gasteiger partial charge < -0.3 is 0 Å². The van der Waals surface area contributed by atoms with Crippen molar-refractivity contribution < 1.29 is 0 Å². The first-order valence-corrected chi connectivity index (χ1v) is 5.82. The fourth-order valence-electron chi connectivity index (χ4n) is 1.19. The van der Waals surface area contributed by atoms with Crippen molar-refractivity contribution in [2.45, 2.75) is 0 Å². The molecule has 0 radical (unpaired) electrons. The number of hydrogen-bond acceptors (Lipinski definition) is 2. The Morgan fingerprint density at radius 3 is 2.47 bits per heavy atom. The van der Waals surface area contributed by atoms with Gasteiger partial charge in [-0.05, 0) is 55.6 Å². The van der Waals surface area contributed by atoms with Gasteiger partial charge in [-0.1, -0.05) is 12.1 Å². The van der Waals surface area contributed by atoms with Crippen LogP contribution in [0.1, 0.15) is 5.56 Å². The van der Waals surface area contributed by atoms with Gasteiger partial charge in [-0.25, -0.2) is 9.67 Å². The van der Waals surface area contributed by atoms with E-state index in [2.05, 4.69) is 41.9 Å². The summed E-state index contributed by atoms with van der Waals surface area (Å²) in [6, 6.07) is 8.01. The number of aromatic nitrogens is 3. The Bertz CT molecular complexity index is 456. The maximum Gasteiger partial charge on any atom is 0.138 e. The summed E-state index contributed by atoms with van der Waals surface area (Å²) in [5.41, 5.74) is 2.11. The van der Waals surface area contributed by atoms with E-state index in [1.54, 1.807) is 11.0 Å². The molecule has 0 aliphatic carbocycles. The summed E-state index contributed by atoms with van der Waals surface area (Å²) in [5.74, 6) is 0. The zero-order chi connectivity index (χ0) is 10.7. The molecule has 0 bridgehead atoms. The molecule has 5 heteroatoms. The lowest BCUT2D eigenvalue weighted by Gasteiger charge is -2.00. The summed E-state index contributed by atoms with van der Waals surface area (Å²) in [4.78, 5) is 3.89. The Kier molecular flexibility index (Phi) is 3.33. The van der Waals surface area contributed by atoms with E-state index in [4.69, 9.17) is 0 Å². The van der Waals surface area contributed by atoms with E-state index in [0.717, 1.165) is 14.6 Å². The van der Waals surface area contributed by atoms with E-state index in [-0.39, 0.29) is 0 Å². The van der Waals surface area contributed by atoms with Crippen LogP contribution in [0, 0.1) is 0 Å². The van der Waals surface area contributed by atoms with E-state index >= 15 is 0 Å². The average molecular weight is 329 g/mol. The van der Waals surface area contributed by atoms with E-state index in [1.807, 2.05) is 30.3 Å². The molecule has 1 aromatic heterocycles. The molecule has 0 atom stereocenters. The highest BCUT2D eigenvalue weighted by atomic mass is 79.9. The van der Waals surface area contributed by atoms with Crippen LogP contribution in [-0.4, -0.2) is 14.8 Å². The van der Waals surface area contributed by atoms with Crippen LogP contribution in [0.4, 0.5) is 0 Å². The molecule has 0 saturated heterocycles. The van der Waals surface area contributed by atoms with Gasteiger partial charge in [0.25, 0.3) is 0 Å². The van der Waals surface area contributed by atoms with Gasteiger partial charge in [0, 0.05) is 0 Å². The molecule has 1 heterocycles. The molecule has 0 N–H and O–H groups in total. The molecule has 2 rings (SSSR count). The molecule has 15 heavy (non-hydrogen) atoms. The Balaban J connectivity index is 2.29. The van der Waals surface area contributed by atoms with Crippen molar-refractivity contribution in [3.63, 3.8) is 0 Å². The van der Waals surface area contributed by atoms with Crippen molar-refractivity contribution in [1.29, 1.82) is 0 Å². The van der Waals surface area contributed by atoms with Crippen molar-refractivity contribution in [2.75, 3.05) is 0 Å². The first-order valence-electron chi connectivity index (χ1n) is 4.23. The molecule has 0 fully saturated rings. The highest BCUT2D eigenvalue weighted by Gasteiger charge is 1.96. The largest absolute Gasteiger partial charge is 0.223 e. The normalized spacial score (nSPS) is 10.0. The summed E-state index contributed by atoms with van der Waals surface area (Å²) in [6.07, 6.45) is 5.17. The Morgan fingerprint density at radius 2 is 1.93 bits per heavy atom. The molecule has 0 amide bonds. The van der Waals surface area contributed by atoms with Crippen LogP contribution in [0.25, 0.3) is 11.8 Å². The lowest BCUT2D eigenvalue weighted by Crippen LogP contribution is -1.93. The summed E-state index contributed by atoms with van der Waals surface area (Å²) in [5, 5.41) is 4.05. The number of halogens is 2. The average Bonchev–Trinajstić information content (AvgIpc) is 2.71. The Morgan fingerprint density at radius 1 is 1.20 bits per heavy atom. The molecule has 1 aromatic carbocycles. The maximum absolute atomic E-state index is 4.05. The predicted octanol–water partition coefficient (Wildman–Crippen LogP) is 3.36. The molecule has 0 saturated carbocycles. The second-order valence-electron chi connectivity index (χ2n) is 2.87. The second kappa shape index (κ2) is 4.72. The molecule has 0 aliphatic heterocycles. The number of benzene rings is 1. The van der Waals surface area contributed by atoms with Gasteiger partial charge >= 0.3 is 0 Å². The maximum atomic E-state index is 4.05. The lowest BCUT2D eigenvalue weighted by atomic mass is 10.2. The summed E-state index contributed by atoms with van der Waals surface area (Å²) in [7, 11) is 0. The minimum absolute atomic E-state index is 0.920. The van der Waals surface area contributed by atoms with Gasteiger partial charge in [-0.3, -0.25) is 0 Å². The molecule has 0 unspecified atom stereocenters. The topological polar surface area (TPSA) is 30.7 Å². The van der Waals surface area contributed by atoms with Crippen molar-refractivity contribution in [1.82, 2.24) is 14.8 Å². The first kappa shape index (κ1) is 10.6. The third kappa shape index (κ3) is 2.76. The van der Waals surface area contributed by atoms with Gasteiger partial charge in [-0.2, -0.15) is 5.10 Å². The van der Waals surface area contributed by atoms with E-state index in [9.17, 15) is 0 Å². The van der Waals surface area contributed by atoms with E-state index < -0.39 is 0 Å². The SMILES string of the molecule is BrC(Br)=Cc1ccc(-n2cncn2)cc1. The van der Waals surface area contributed by atoms with Crippen LogP contribution in [0.15, 0.2) is 40.3 Å². The number of nitrogens with zero attached hydrogens (tertiary/aromatic N) is 3. The molecule has 0 aliphatic rings. The van der Waals surface area contributed by atoms with Crippen molar-refractivity contribution in [3.8, 4) is 5.69 Å². The Labute approximate surface area is 104 Å². The standard InChI is InChI=1S/C10H7Br2N3/c11-10(12)5-8-1-3-9(4-2-8)15-7-13-6-14-15/h1-7H. The van der Waals surface area contributed by atoms with Gasteiger partial charge in [0.2, 0.25) is 0 Å². The number of hydrogen-bond donors (Lipinski definition) is 0. The van der Waals surface area contributed by atoms with E-state index in [0.29, 0.717) is 0 Å². The molecule has 76 valence electrons. The third-order valence-corrected chi connectivity index (χ3v) is 2.31. The summed E-state index contributed by atoms with van der Waals surface area (Å²) in [6.45, 7) is 0. The fourth-order valence-corrected chi connectivity index (χ4v) is 1.72. The van der Waals surface area contributed by atoms with Gasteiger partial charge in [0.05, 0.1) is 9.08 Å². The van der Waals surface area contributed by atoms with Crippen LogP contribution in [-0.2, 0) is 0 Å². The van der Waals surface area contributed by atoms with Crippen LogP contribution < -0.4 is 0 Å². The summed E-state index contributed by atoms with van der Waals surface area (Å²) < 4.78 is 2.64. The zero-order valence-corrected chi connectivity index (χ0v) is 10.8. The molecular weight excluding hydrogens is 322 g/mol. The van der Waals surface area contributed by atoms with Crippen LogP contribution in [0.3, 0.4) is 0 Å². The van der Waals surface area contributed by atoms with E-state index in [1.165, 1.54) is 6.33 Å². The molecule has 3 nitrogen and oxygen atoms in total. The van der Waals surface area contributed by atoms with Crippen LogP contribution in [0.2, 0.25) is 0 Å². The zero-order valence-electron chi connectivity index (χ0n) is 7.64. The summed E-state index contributed by atoms with van der Waals surface area (Å²) >= 11 is 6.64. The van der Waals surface area contributed by atoms with Gasteiger partial charge in [0.15, 0.2) is 0 Å². The second-order valence-corrected chi connectivity index (χ2v) is 5.64. The van der Waals surface area contributed by atoms with Gasteiger partial charge in [-0.15, -0.1) is 0 Å². The van der Waals surface area contributed by atoms with Gasteiger partial charge in [0.1, 0.15) is 12.7 Å². The quantitative estimate of drug-likeness (QED) is 0.846. The predicted molar refractivity (Wildman–Crippen MR) is 67.2 cm³/mol. The lowest BCUT2D eigenvalue weighted by molar-refractivity contribution is 0.879.